The lowest BCUT2D eigenvalue weighted by atomic mass is 9.95. The molecular weight excluding hydrogens is 270 g/mol. The molecule has 0 saturated carbocycles. The van der Waals surface area contributed by atoms with E-state index in [2.05, 4.69) is 42.9 Å². The van der Waals surface area contributed by atoms with Crippen molar-refractivity contribution in [3.05, 3.63) is 12.4 Å². The first-order valence-electron chi connectivity index (χ1n) is 9.64. The van der Waals surface area contributed by atoms with Crippen LogP contribution in [0.4, 0.5) is 0 Å². The Kier molecular flexibility index (Phi) is 10.4. The molecule has 0 aliphatic carbocycles. The van der Waals surface area contributed by atoms with E-state index in [0.29, 0.717) is 0 Å². The van der Waals surface area contributed by atoms with Gasteiger partial charge in [-0.3, -0.25) is 5.01 Å². The largest absolute Gasteiger partial charge is 0.310 e. The summed E-state index contributed by atoms with van der Waals surface area (Å²) in [5.74, 6) is 0. The highest BCUT2D eigenvalue weighted by molar-refractivity contribution is 4.92. The zero-order valence-corrected chi connectivity index (χ0v) is 15.3. The van der Waals surface area contributed by atoms with Crippen LogP contribution in [0, 0.1) is 0 Å². The lowest BCUT2D eigenvalue weighted by Crippen LogP contribution is -2.49. The van der Waals surface area contributed by atoms with Gasteiger partial charge in [0.1, 0.15) is 0 Å². The van der Waals surface area contributed by atoms with Crippen LogP contribution in [0.15, 0.2) is 12.4 Å². The van der Waals surface area contributed by atoms with Gasteiger partial charge in [0.2, 0.25) is 0 Å². The van der Waals surface area contributed by atoms with Crippen molar-refractivity contribution < 1.29 is 0 Å². The van der Waals surface area contributed by atoms with E-state index in [1.54, 1.807) is 0 Å². The van der Waals surface area contributed by atoms with Gasteiger partial charge in [-0.25, -0.2) is 0 Å². The summed E-state index contributed by atoms with van der Waals surface area (Å²) >= 11 is 0. The molecule has 3 heteroatoms. The van der Waals surface area contributed by atoms with Gasteiger partial charge >= 0.3 is 0 Å². The molecule has 0 saturated heterocycles. The van der Waals surface area contributed by atoms with Gasteiger partial charge in [-0.2, -0.15) is 0 Å². The van der Waals surface area contributed by atoms with E-state index in [1.807, 2.05) is 6.20 Å². The van der Waals surface area contributed by atoms with Gasteiger partial charge in [-0.1, -0.05) is 84.0 Å². The third kappa shape index (κ3) is 8.67. The summed E-state index contributed by atoms with van der Waals surface area (Å²) in [7, 11) is 0. The third-order valence-electron chi connectivity index (χ3n) is 4.79. The molecule has 1 aliphatic heterocycles. The van der Waals surface area contributed by atoms with E-state index >= 15 is 0 Å². The van der Waals surface area contributed by atoms with Gasteiger partial charge in [-0.05, 0) is 20.3 Å². The number of nitrogens with zero attached hydrogens (tertiary/aromatic N) is 1. The molecule has 0 fully saturated rings. The summed E-state index contributed by atoms with van der Waals surface area (Å²) in [6.45, 7) is 6.89. The lowest BCUT2D eigenvalue weighted by Gasteiger charge is -2.34. The summed E-state index contributed by atoms with van der Waals surface area (Å²) < 4.78 is 0. The summed E-state index contributed by atoms with van der Waals surface area (Å²) in [5.41, 5.74) is 6.38. The molecule has 0 aromatic heterocycles. The van der Waals surface area contributed by atoms with Gasteiger partial charge in [0.25, 0.3) is 0 Å². The molecule has 0 aromatic carbocycles. The second-order valence-corrected chi connectivity index (χ2v) is 7.39. The van der Waals surface area contributed by atoms with E-state index in [1.165, 1.54) is 83.5 Å². The van der Waals surface area contributed by atoms with Crippen LogP contribution in [-0.2, 0) is 0 Å². The molecule has 1 aliphatic rings. The van der Waals surface area contributed by atoms with E-state index in [0.717, 1.165) is 0 Å². The Bertz CT molecular complexity index is 286. The molecule has 0 unspecified atom stereocenters. The number of unbranched alkanes of at least 4 members (excludes halogenated alkanes) is 11. The van der Waals surface area contributed by atoms with Crippen molar-refractivity contribution in [1.82, 2.24) is 16.0 Å². The normalized spacial score (nSPS) is 14.6. The van der Waals surface area contributed by atoms with Crippen LogP contribution < -0.4 is 11.0 Å². The predicted octanol–water partition coefficient (Wildman–Crippen LogP) is 5.65. The molecule has 0 atom stereocenters. The maximum atomic E-state index is 3.16. The first kappa shape index (κ1) is 19.3. The van der Waals surface area contributed by atoms with Crippen molar-refractivity contribution >= 4 is 0 Å². The Morgan fingerprint density at radius 3 is 1.73 bits per heavy atom. The molecule has 130 valence electrons. The highest BCUT2D eigenvalue weighted by Crippen LogP contribution is 2.22. The molecule has 2 N–H and O–H groups in total. The standard InChI is InChI=1S/C19H39N3/c1-4-5-6-7-8-9-10-11-12-13-14-15-16-19(2,3)22-18-17-20-21-22/h17-18,20-21H,4-16H2,1-3H3. The first-order chi connectivity index (χ1) is 10.7. The fourth-order valence-electron chi connectivity index (χ4n) is 3.13. The highest BCUT2D eigenvalue weighted by Gasteiger charge is 2.25. The van der Waals surface area contributed by atoms with E-state index < -0.39 is 0 Å². The van der Waals surface area contributed by atoms with Crippen LogP contribution >= 0.6 is 0 Å². The fourth-order valence-corrected chi connectivity index (χ4v) is 3.13. The Hall–Kier alpha value is -0.700. The molecule has 3 nitrogen and oxygen atoms in total. The van der Waals surface area contributed by atoms with Crippen LogP contribution in [0.1, 0.15) is 104 Å². The van der Waals surface area contributed by atoms with Crippen LogP contribution in [-0.4, -0.2) is 10.5 Å². The maximum Gasteiger partial charge on any atom is 0.0519 e. The first-order valence-corrected chi connectivity index (χ1v) is 9.64. The Morgan fingerprint density at radius 2 is 1.27 bits per heavy atom. The SMILES string of the molecule is CCCCCCCCCCCCCCC(C)(C)N1C=CNN1. The van der Waals surface area contributed by atoms with Crippen molar-refractivity contribution in [2.45, 2.75) is 110 Å². The van der Waals surface area contributed by atoms with Crippen LogP contribution in [0.3, 0.4) is 0 Å². The van der Waals surface area contributed by atoms with Gasteiger partial charge in [0.05, 0.1) is 5.54 Å². The van der Waals surface area contributed by atoms with E-state index in [-0.39, 0.29) is 5.54 Å². The van der Waals surface area contributed by atoms with Crippen molar-refractivity contribution in [2.75, 3.05) is 0 Å². The van der Waals surface area contributed by atoms with E-state index in [4.69, 9.17) is 0 Å². The van der Waals surface area contributed by atoms with Gasteiger partial charge < -0.3 is 5.43 Å². The predicted molar refractivity (Wildman–Crippen MR) is 97.0 cm³/mol. The summed E-state index contributed by atoms with van der Waals surface area (Å²) in [6.07, 6.45) is 22.3. The molecule has 0 radical (unpaired) electrons. The lowest BCUT2D eigenvalue weighted by molar-refractivity contribution is 0.109. The van der Waals surface area contributed by atoms with Crippen LogP contribution in [0.5, 0.6) is 0 Å². The molecule has 0 amide bonds. The second-order valence-electron chi connectivity index (χ2n) is 7.39. The van der Waals surface area contributed by atoms with Crippen LogP contribution in [0.2, 0.25) is 0 Å². The van der Waals surface area contributed by atoms with Gasteiger partial charge in [0, 0.05) is 12.4 Å². The van der Waals surface area contributed by atoms with Crippen molar-refractivity contribution in [3.8, 4) is 0 Å². The highest BCUT2D eigenvalue weighted by atomic mass is 15.7. The summed E-state index contributed by atoms with van der Waals surface area (Å²) in [6, 6.07) is 0. The minimum absolute atomic E-state index is 0.193. The van der Waals surface area contributed by atoms with Gasteiger partial charge in [-0.15, -0.1) is 5.53 Å². The Labute approximate surface area is 138 Å². The Morgan fingerprint density at radius 1 is 0.773 bits per heavy atom. The molecule has 0 spiro atoms. The average Bonchev–Trinajstić information content (AvgIpc) is 3.03. The average molecular weight is 310 g/mol. The van der Waals surface area contributed by atoms with Crippen molar-refractivity contribution in [2.24, 2.45) is 0 Å². The number of hydrogen-bond acceptors (Lipinski definition) is 3. The zero-order valence-electron chi connectivity index (χ0n) is 15.3. The minimum atomic E-state index is 0.193. The third-order valence-corrected chi connectivity index (χ3v) is 4.79. The van der Waals surface area contributed by atoms with Crippen molar-refractivity contribution in [1.29, 1.82) is 0 Å². The molecule has 22 heavy (non-hydrogen) atoms. The smallest absolute Gasteiger partial charge is 0.0519 e. The number of nitrogens with one attached hydrogen (secondary N) is 2. The van der Waals surface area contributed by atoms with Gasteiger partial charge in [0.15, 0.2) is 0 Å². The van der Waals surface area contributed by atoms with Crippen LogP contribution in [0.25, 0.3) is 0 Å². The monoisotopic (exact) mass is 309 g/mol. The quantitative estimate of drug-likeness (QED) is 0.406. The number of hydrogen-bond donors (Lipinski definition) is 2. The number of rotatable bonds is 14. The van der Waals surface area contributed by atoms with Crippen molar-refractivity contribution in [3.63, 3.8) is 0 Å². The fraction of sp³-hybridized carbons (Fsp3) is 0.895. The molecule has 1 heterocycles. The minimum Gasteiger partial charge on any atom is -0.310 e. The summed E-state index contributed by atoms with van der Waals surface area (Å²) in [5, 5.41) is 2.17. The maximum absolute atomic E-state index is 3.16. The topological polar surface area (TPSA) is 27.3 Å². The molecule has 0 aromatic rings. The second kappa shape index (κ2) is 11.8. The van der Waals surface area contributed by atoms with E-state index in [9.17, 15) is 0 Å². The summed E-state index contributed by atoms with van der Waals surface area (Å²) in [4.78, 5) is 0. The Balaban J connectivity index is 1.84. The zero-order chi connectivity index (χ0) is 16.1. The molecular formula is C19H39N3. The number of hydrazine groups is 2. The molecule has 1 rings (SSSR count). The molecule has 0 bridgehead atoms.